The number of halogens is 1. The molecule has 0 aliphatic heterocycles. The molecule has 1 unspecified atom stereocenters. The van der Waals surface area contributed by atoms with E-state index < -0.39 is 30.1 Å². The summed E-state index contributed by atoms with van der Waals surface area (Å²) in [5, 5.41) is 27.0. The third kappa shape index (κ3) is 9.45. The number of hydrogen-bond donors (Lipinski definition) is 2. The SMILES string of the molecule is CCCCc1nc(Cl)c(C(=O)OCOC(=O)C(CCC)CC2(C(=O)Nc3nnc(CC)s3)CCCC2)n1Cc1ccc(-c2ccccc2-c2nn[nH]n2)cc1. The maximum absolute atomic E-state index is 13.6. The monoisotopic (exact) mass is 787 g/mol. The Balaban J connectivity index is 1.13. The van der Waals surface area contributed by atoms with Crippen molar-refractivity contribution in [2.75, 3.05) is 12.1 Å². The number of rotatable bonds is 18. The molecule has 3 aromatic heterocycles. The first-order valence-electron chi connectivity index (χ1n) is 18.9. The molecule has 55 heavy (non-hydrogen) atoms. The maximum atomic E-state index is 13.6. The first-order valence-corrected chi connectivity index (χ1v) is 20.1. The van der Waals surface area contributed by atoms with Crippen LogP contribution in [0.25, 0.3) is 22.5 Å². The predicted octanol–water partition coefficient (Wildman–Crippen LogP) is 7.85. The van der Waals surface area contributed by atoms with Gasteiger partial charge in [-0.25, -0.2) is 9.78 Å². The van der Waals surface area contributed by atoms with Gasteiger partial charge in [0.05, 0.1) is 11.3 Å². The molecule has 1 saturated carbocycles. The number of aromatic nitrogens is 8. The van der Waals surface area contributed by atoms with Crippen LogP contribution in [-0.4, -0.2) is 65.0 Å². The van der Waals surface area contributed by atoms with E-state index in [0.717, 1.165) is 65.8 Å². The van der Waals surface area contributed by atoms with Crippen molar-refractivity contribution >= 4 is 45.9 Å². The third-order valence-corrected chi connectivity index (χ3v) is 11.3. The summed E-state index contributed by atoms with van der Waals surface area (Å²) in [5.74, 6) is -0.800. The van der Waals surface area contributed by atoms with Gasteiger partial charge < -0.3 is 19.4 Å². The van der Waals surface area contributed by atoms with Gasteiger partial charge in [-0.15, -0.1) is 20.4 Å². The van der Waals surface area contributed by atoms with Crippen LogP contribution in [0.5, 0.6) is 0 Å². The lowest BCUT2D eigenvalue weighted by Gasteiger charge is -2.30. The molecule has 16 heteroatoms. The van der Waals surface area contributed by atoms with Crippen molar-refractivity contribution in [3.8, 4) is 22.5 Å². The van der Waals surface area contributed by atoms with E-state index in [-0.39, 0.29) is 16.8 Å². The Morgan fingerprint density at radius 1 is 0.982 bits per heavy atom. The van der Waals surface area contributed by atoms with Gasteiger partial charge in [0.1, 0.15) is 10.8 Å². The van der Waals surface area contributed by atoms with Crippen molar-refractivity contribution in [1.29, 1.82) is 0 Å². The predicted molar refractivity (Wildman–Crippen MR) is 208 cm³/mol. The molecule has 1 atom stereocenters. The van der Waals surface area contributed by atoms with Crippen LogP contribution in [0.4, 0.5) is 5.13 Å². The molecule has 0 spiro atoms. The summed E-state index contributed by atoms with van der Waals surface area (Å²) in [7, 11) is 0. The highest BCUT2D eigenvalue weighted by molar-refractivity contribution is 7.15. The number of aryl methyl sites for hydroxylation is 2. The van der Waals surface area contributed by atoms with Crippen molar-refractivity contribution in [2.24, 2.45) is 11.3 Å². The van der Waals surface area contributed by atoms with Gasteiger partial charge in [0.2, 0.25) is 23.7 Å². The van der Waals surface area contributed by atoms with E-state index in [2.05, 4.69) is 48.0 Å². The highest BCUT2D eigenvalue weighted by Crippen LogP contribution is 2.45. The summed E-state index contributed by atoms with van der Waals surface area (Å²) in [6.45, 7) is 5.77. The molecule has 6 rings (SSSR count). The van der Waals surface area contributed by atoms with E-state index in [4.69, 9.17) is 21.1 Å². The van der Waals surface area contributed by atoms with Gasteiger partial charge >= 0.3 is 11.9 Å². The van der Waals surface area contributed by atoms with Crippen molar-refractivity contribution in [3.63, 3.8) is 0 Å². The second-order valence-corrected chi connectivity index (χ2v) is 15.3. The number of ether oxygens (including phenoxy) is 2. The number of unbranched alkanes of at least 4 members (excludes halogenated alkanes) is 1. The van der Waals surface area contributed by atoms with Gasteiger partial charge in [-0.3, -0.25) is 9.59 Å². The second-order valence-electron chi connectivity index (χ2n) is 13.8. The fraction of sp³-hybridized carbons (Fsp3) is 0.462. The Morgan fingerprint density at radius 2 is 1.75 bits per heavy atom. The molecule has 14 nitrogen and oxygen atoms in total. The largest absolute Gasteiger partial charge is 0.428 e. The zero-order chi connectivity index (χ0) is 38.8. The summed E-state index contributed by atoms with van der Waals surface area (Å²) in [6, 6.07) is 15.8. The van der Waals surface area contributed by atoms with Crippen LogP contribution in [0.3, 0.4) is 0 Å². The second kappa shape index (κ2) is 18.5. The van der Waals surface area contributed by atoms with Gasteiger partial charge in [-0.2, -0.15) is 5.21 Å². The number of nitrogens with zero attached hydrogens (tertiary/aromatic N) is 7. The molecule has 0 saturated heterocycles. The van der Waals surface area contributed by atoms with Crippen LogP contribution >= 0.6 is 22.9 Å². The molecule has 0 radical (unpaired) electrons. The summed E-state index contributed by atoms with van der Waals surface area (Å²) in [6.07, 6.45) is 7.82. The van der Waals surface area contributed by atoms with Gasteiger partial charge in [0, 0.05) is 18.5 Å². The maximum Gasteiger partial charge on any atom is 0.361 e. The van der Waals surface area contributed by atoms with E-state index in [1.165, 1.54) is 11.3 Å². The number of imidazole rings is 1. The normalized spacial score (nSPS) is 14.1. The van der Waals surface area contributed by atoms with E-state index in [9.17, 15) is 14.4 Å². The Morgan fingerprint density at radius 3 is 2.42 bits per heavy atom. The molecule has 1 aliphatic rings. The highest BCUT2D eigenvalue weighted by atomic mass is 35.5. The molecule has 0 bridgehead atoms. The van der Waals surface area contributed by atoms with Gasteiger partial charge in [-0.05, 0) is 60.4 Å². The Hall–Kier alpha value is -5.02. The van der Waals surface area contributed by atoms with E-state index in [1.54, 1.807) is 4.57 Å². The van der Waals surface area contributed by atoms with E-state index in [1.807, 2.05) is 62.4 Å². The average Bonchev–Trinajstić information content (AvgIpc) is 4.03. The highest BCUT2D eigenvalue weighted by Gasteiger charge is 2.44. The zero-order valence-electron chi connectivity index (χ0n) is 31.3. The fourth-order valence-corrected chi connectivity index (χ4v) is 8.19. The van der Waals surface area contributed by atoms with Crippen LogP contribution in [0.15, 0.2) is 48.5 Å². The minimum atomic E-state index is -0.749. The number of tetrazole rings is 1. The lowest BCUT2D eigenvalue weighted by Crippen LogP contribution is -2.37. The molecular weight excluding hydrogens is 742 g/mol. The van der Waals surface area contributed by atoms with Crippen LogP contribution in [0, 0.1) is 11.3 Å². The Kier molecular flexibility index (Phi) is 13.4. The molecule has 2 aromatic carbocycles. The quantitative estimate of drug-likeness (QED) is 0.0652. The van der Waals surface area contributed by atoms with Crippen LogP contribution in [0.1, 0.15) is 105 Å². The van der Waals surface area contributed by atoms with Crippen LogP contribution < -0.4 is 5.32 Å². The summed E-state index contributed by atoms with van der Waals surface area (Å²) in [4.78, 5) is 45.3. The molecule has 5 aromatic rings. The molecule has 290 valence electrons. The molecule has 3 heterocycles. The minimum absolute atomic E-state index is 0.0209. The summed E-state index contributed by atoms with van der Waals surface area (Å²) < 4.78 is 12.9. The number of aromatic amines is 1. The fourth-order valence-electron chi connectivity index (χ4n) is 7.24. The average molecular weight is 788 g/mol. The third-order valence-electron chi connectivity index (χ3n) is 10.1. The molecule has 1 fully saturated rings. The van der Waals surface area contributed by atoms with Crippen molar-refractivity contribution < 1.29 is 23.9 Å². The number of carbonyl (C=O) groups is 3. The molecular formula is C39H46ClN9O5S. The number of hydrogen-bond acceptors (Lipinski definition) is 12. The zero-order valence-corrected chi connectivity index (χ0v) is 32.9. The topological polar surface area (TPSA) is 180 Å². The summed E-state index contributed by atoms with van der Waals surface area (Å²) in [5.41, 5.74) is 3.03. The number of amides is 1. The van der Waals surface area contributed by atoms with Crippen LogP contribution in [-0.2, 0) is 38.4 Å². The number of anilines is 1. The summed E-state index contributed by atoms with van der Waals surface area (Å²) >= 11 is 7.95. The van der Waals surface area contributed by atoms with Crippen molar-refractivity contribution in [1.82, 2.24) is 40.4 Å². The van der Waals surface area contributed by atoms with Crippen molar-refractivity contribution in [3.05, 3.63) is 75.8 Å². The van der Waals surface area contributed by atoms with Gasteiger partial charge in [0.25, 0.3) is 0 Å². The first-order chi connectivity index (χ1) is 26.7. The lowest BCUT2D eigenvalue weighted by molar-refractivity contribution is -0.159. The van der Waals surface area contributed by atoms with E-state index >= 15 is 0 Å². The standard InChI is InChI=1S/C39H46ClN9O5S/c1-4-7-15-30-41-33(40)32(49(30)23-25-16-18-26(19-17-25)28-13-8-9-14-29(28)34-44-47-48-45-34)36(51)54-24-53-35(50)27(12-5-2)22-39(20-10-11-21-39)37(52)42-38-46-43-31(6-3)55-38/h8-9,13-14,16-19,27H,4-7,10-12,15,20-24H2,1-3H3,(H,42,46,52)(H,44,45,47,48). The smallest absolute Gasteiger partial charge is 0.361 e. The lowest BCUT2D eigenvalue weighted by atomic mass is 9.75. The van der Waals surface area contributed by atoms with Crippen molar-refractivity contribution in [2.45, 2.75) is 97.9 Å². The Labute approximate surface area is 328 Å². The molecule has 1 amide bonds. The Bertz CT molecular complexity index is 2060. The number of carbonyl (C=O) groups excluding carboxylic acids is 3. The number of benzene rings is 2. The van der Waals surface area contributed by atoms with Gasteiger partial charge in [0.15, 0.2) is 10.8 Å². The van der Waals surface area contributed by atoms with Crippen LogP contribution in [0.2, 0.25) is 5.15 Å². The van der Waals surface area contributed by atoms with E-state index in [0.29, 0.717) is 55.4 Å². The molecule has 1 aliphatic carbocycles. The van der Waals surface area contributed by atoms with Gasteiger partial charge in [-0.1, -0.05) is 118 Å². The number of nitrogens with one attached hydrogen (secondary N) is 2. The minimum Gasteiger partial charge on any atom is -0.428 e. The molecule has 2 N–H and O–H groups in total. The number of esters is 2. The number of H-pyrrole nitrogens is 1. The first kappa shape index (κ1) is 39.7.